The van der Waals surface area contributed by atoms with Gasteiger partial charge in [0, 0.05) is 26.5 Å². The number of rotatable bonds is 6. The molecule has 8 nitrogen and oxygen atoms in total. The van der Waals surface area contributed by atoms with E-state index in [0.717, 1.165) is 5.56 Å². The predicted molar refractivity (Wildman–Crippen MR) is 82.7 cm³/mol. The minimum atomic E-state index is -0.684. The summed E-state index contributed by atoms with van der Waals surface area (Å²) in [5, 5.41) is 3.31. The highest BCUT2D eigenvalue weighted by Crippen LogP contribution is 2.36. The molecule has 0 fully saturated rings. The number of hydrogen-bond donors (Lipinski definition) is 1. The molecule has 0 aliphatic carbocycles. The number of benzene rings is 1. The van der Waals surface area contributed by atoms with E-state index in [0.29, 0.717) is 23.1 Å². The van der Waals surface area contributed by atoms with Crippen molar-refractivity contribution in [1.29, 1.82) is 0 Å². The molecule has 23 heavy (non-hydrogen) atoms. The number of hydrogen-bond acceptors (Lipinski definition) is 7. The number of anilines is 2. The molecule has 0 saturated carbocycles. The number of methoxy groups -OCH3 is 1. The van der Waals surface area contributed by atoms with E-state index in [1.165, 1.54) is 33.9 Å². The van der Waals surface area contributed by atoms with Crippen molar-refractivity contribution in [2.24, 2.45) is 0 Å². The maximum absolute atomic E-state index is 11.3. The highest BCUT2D eigenvalue weighted by atomic mass is 17.0. The summed E-state index contributed by atoms with van der Waals surface area (Å²) in [5.74, 6) is -1.27. The van der Waals surface area contributed by atoms with E-state index in [2.05, 4.69) is 5.32 Å². The summed E-state index contributed by atoms with van der Waals surface area (Å²) in [5.41, 5.74) is 1.37. The second kappa shape index (κ2) is 8.02. The molecular formula is C15H20N2O6. The fourth-order valence-electron chi connectivity index (χ4n) is 1.93. The quantitative estimate of drug-likeness (QED) is 0.799. The first-order valence-corrected chi connectivity index (χ1v) is 6.94. The molecule has 0 aliphatic rings. The second-order valence-electron chi connectivity index (χ2n) is 4.65. The molecule has 0 unspecified atom stereocenters. The highest BCUT2D eigenvalue weighted by Gasteiger charge is 2.22. The average molecular weight is 324 g/mol. The standard InChI is InChI=1S/C15H20N2O6/c1-6-12-7-13(16-9(2)18)8-14(15(12)21-5)17(22-10(3)19)23-11(4)20/h7-8H,6H2,1-5H3,(H,16,18). The van der Waals surface area contributed by atoms with Gasteiger partial charge in [-0.1, -0.05) is 6.92 Å². The summed E-state index contributed by atoms with van der Waals surface area (Å²) in [6.45, 7) is 5.59. The van der Waals surface area contributed by atoms with Gasteiger partial charge in [-0.3, -0.25) is 4.79 Å². The first-order chi connectivity index (χ1) is 10.8. The van der Waals surface area contributed by atoms with Crippen LogP contribution in [0.1, 0.15) is 33.3 Å². The van der Waals surface area contributed by atoms with Crippen LogP contribution < -0.4 is 15.3 Å². The van der Waals surface area contributed by atoms with Crippen molar-refractivity contribution in [3.8, 4) is 5.75 Å². The Kier molecular flexibility index (Phi) is 6.37. The minimum absolute atomic E-state index is 0.181. The summed E-state index contributed by atoms with van der Waals surface area (Å²) >= 11 is 0. The first-order valence-electron chi connectivity index (χ1n) is 6.94. The Morgan fingerprint density at radius 3 is 2.04 bits per heavy atom. The van der Waals surface area contributed by atoms with E-state index < -0.39 is 11.9 Å². The molecule has 0 bridgehead atoms. The molecule has 0 aliphatic heterocycles. The Labute approximate surface area is 134 Å². The zero-order valence-corrected chi connectivity index (χ0v) is 13.8. The summed E-state index contributed by atoms with van der Waals surface area (Å²) < 4.78 is 5.33. The minimum Gasteiger partial charge on any atom is -0.494 e. The predicted octanol–water partition coefficient (Wildman–Crippen LogP) is 1.98. The van der Waals surface area contributed by atoms with E-state index in [1.807, 2.05) is 6.92 Å². The normalized spacial score (nSPS) is 9.78. The zero-order chi connectivity index (χ0) is 17.6. The van der Waals surface area contributed by atoms with Gasteiger partial charge in [-0.2, -0.15) is 0 Å². The molecule has 1 N–H and O–H groups in total. The lowest BCUT2D eigenvalue weighted by Crippen LogP contribution is -2.29. The molecule has 0 radical (unpaired) electrons. The smallest absolute Gasteiger partial charge is 0.333 e. The number of amides is 1. The van der Waals surface area contributed by atoms with Crippen molar-refractivity contribution in [3.05, 3.63) is 17.7 Å². The zero-order valence-electron chi connectivity index (χ0n) is 13.8. The van der Waals surface area contributed by atoms with Gasteiger partial charge in [0.05, 0.1) is 7.11 Å². The fraction of sp³-hybridized carbons (Fsp3) is 0.400. The van der Waals surface area contributed by atoms with Crippen LogP contribution in [0, 0.1) is 0 Å². The van der Waals surface area contributed by atoms with Crippen molar-refractivity contribution >= 4 is 29.2 Å². The molecule has 0 aromatic heterocycles. The summed E-state index contributed by atoms with van der Waals surface area (Å²) in [6, 6.07) is 3.20. The van der Waals surface area contributed by atoms with Crippen molar-refractivity contribution in [2.75, 3.05) is 17.7 Å². The van der Waals surface area contributed by atoms with E-state index in [-0.39, 0.29) is 11.6 Å². The van der Waals surface area contributed by atoms with E-state index in [1.54, 1.807) is 6.07 Å². The molecule has 1 amide bonds. The fourth-order valence-corrected chi connectivity index (χ4v) is 1.93. The van der Waals surface area contributed by atoms with Crippen LogP contribution in [-0.4, -0.2) is 25.0 Å². The first kappa shape index (κ1) is 18.3. The van der Waals surface area contributed by atoms with Crippen LogP contribution in [-0.2, 0) is 30.5 Å². The molecule has 126 valence electrons. The van der Waals surface area contributed by atoms with Crippen LogP contribution in [0.2, 0.25) is 0 Å². The Morgan fingerprint density at radius 2 is 1.65 bits per heavy atom. The molecule has 0 heterocycles. The third kappa shape index (κ3) is 5.17. The molecule has 1 aromatic carbocycles. The molecule has 8 heteroatoms. The van der Waals surface area contributed by atoms with Crippen LogP contribution in [0.25, 0.3) is 0 Å². The third-order valence-electron chi connectivity index (χ3n) is 2.67. The Bertz CT molecular complexity index is 598. The largest absolute Gasteiger partial charge is 0.494 e. The van der Waals surface area contributed by atoms with E-state index in [4.69, 9.17) is 14.4 Å². The summed E-state index contributed by atoms with van der Waals surface area (Å²) in [7, 11) is 1.44. The van der Waals surface area contributed by atoms with Gasteiger partial charge >= 0.3 is 11.9 Å². The van der Waals surface area contributed by atoms with Crippen molar-refractivity contribution in [2.45, 2.75) is 34.1 Å². The lowest BCUT2D eigenvalue weighted by atomic mass is 10.1. The van der Waals surface area contributed by atoms with Gasteiger partial charge in [-0.15, -0.1) is 0 Å². The maximum atomic E-state index is 11.3. The monoisotopic (exact) mass is 324 g/mol. The van der Waals surface area contributed by atoms with Gasteiger partial charge in [0.15, 0.2) is 11.4 Å². The van der Waals surface area contributed by atoms with E-state index >= 15 is 0 Å². The highest BCUT2D eigenvalue weighted by molar-refractivity contribution is 5.90. The molecular weight excluding hydrogens is 304 g/mol. The van der Waals surface area contributed by atoms with Crippen LogP contribution >= 0.6 is 0 Å². The average Bonchev–Trinajstić information content (AvgIpc) is 2.43. The number of nitrogens with one attached hydrogen (secondary N) is 1. The van der Waals surface area contributed by atoms with Gasteiger partial charge in [-0.05, 0) is 29.3 Å². The van der Waals surface area contributed by atoms with Crippen molar-refractivity contribution in [1.82, 2.24) is 0 Å². The lowest BCUT2D eigenvalue weighted by Gasteiger charge is -2.23. The maximum Gasteiger partial charge on any atom is 0.333 e. The van der Waals surface area contributed by atoms with Crippen LogP contribution in [0.4, 0.5) is 11.4 Å². The Hall–Kier alpha value is -2.77. The molecule has 0 spiro atoms. The number of carbonyl (C=O) groups is 3. The topological polar surface area (TPSA) is 94.2 Å². The van der Waals surface area contributed by atoms with Crippen LogP contribution in [0.5, 0.6) is 5.75 Å². The molecule has 1 aromatic rings. The Morgan fingerprint density at radius 1 is 1.09 bits per heavy atom. The SMILES string of the molecule is CCc1cc(NC(C)=O)cc(N(OC(C)=O)OC(C)=O)c1OC. The van der Waals surface area contributed by atoms with Crippen LogP contribution in [0.15, 0.2) is 12.1 Å². The number of carbonyl (C=O) groups excluding carboxylic acids is 3. The van der Waals surface area contributed by atoms with Gasteiger partial charge in [0.2, 0.25) is 5.91 Å². The Balaban J connectivity index is 3.44. The number of nitrogens with zero attached hydrogens (tertiary/aromatic N) is 1. The van der Waals surface area contributed by atoms with E-state index in [9.17, 15) is 14.4 Å². The van der Waals surface area contributed by atoms with Gasteiger partial charge in [-0.25, -0.2) is 9.59 Å². The molecule has 0 atom stereocenters. The van der Waals surface area contributed by atoms with Crippen molar-refractivity contribution in [3.63, 3.8) is 0 Å². The van der Waals surface area contributed by atoms with Crippen LogP contribution in [0.3, 0.4) is 0 Å². The summed E-state index contributed by atoms with van der Waals surface area (Å²) in [6.07, 6.45) is 0.581. The third-order valence-corrected chi connectivity index (χ3v) is 2.67. The number of ether oxygens (including phenoxy) is 1. The molecule has 0 saturated heterocycles. The summed E-state index contributed by atoms with van der Waals surface area (Å²) in [4.78, 5) is 43.6. The second-order valence-corrected chi connectivity index (χ2v) is 4.65. The van der Waals surface area contributed by atoms with Crippen molar-refractivity contribution < 1.29 is 28.8 Å². The number of aryl methyl sites for hydroxylation is 1. The lowest BCUT2D eigenvalue weighted by molar-refractivity contribution is -0.171. The van der Waals surface area contributed by atoms with Gasteiger partial charge < -0.3 is 19.7 Å². The van der Waals surface area contributed by atoms with Gasteiger partial charge in [0.1, 0.15) is 0 Å². The molecule has 1 rings (SSSR count). The van der Waals surface area contributed by atoms with Gasteiger partial charge in [0.25, 0.3) is 0 Å².